The number of rotatable bonds is 6. The maximum absolute atomic E-state index is 12.8. The van der Waals surface area contributed by atoms with Crippen molar-refractivity contribution in [3.8, 4) is 5.69 Å². The lowest BCUT2D eigenvalue weighted by Gasteiger charge is -2.25. The molecule has 4 rings (SSSR count). The van der Waals surface area contributed by atoms with Gasteiger partial charge in [0.2, 0.25) is 11.8 Å². The van der Waals surface area contributed by atoms with Crippen molar-refractivity contribution in [2.24, 2.45) is 0 Å². The third-order valence-corrected chi connectivity index (χ3v) is 6.12. The van der Waals surface area contributed by atoms with Gasteiger partial charge in [-0.15, -0.1) is 11.3 Å². The fourth-order valence-electron chi connectivity index (χ4n) is 3.32. The van der Waals surface area contributed by atoms with Crippen molar-refractivity contribution in [1.29, 1.82) is 0 Å². The maximum Gasteiger partial charge on any atom is 0.228 e. The number of carbonyl (C=O) groups is 2. The fraction of sp³-hybridized carbons (Fsp3) is 0.350. The van der Waals surface area contributed by atoms with Gasteiger partial charge in [-0.2, -0.15) is 5.10 Å². The summed E-state index contributed by atoms with van der Waals surface area (Å²) in [6.45, 7) is 2.71. The molecule has 0 aliphatic carbocycles. The number of aromatic nitrogens is 4. The molecule has 0 N–H and O–H groups in total. The molecule has 1 aliphatic heterocycles. The zero-order valence-corrected chi connectivity index (χ0v) is 17.2. The van der Waals surface area contributed by atoms with Crippen LogP contribution in [0.1, 0.15) is 37.1 Å². The Labute approximate surface area is 172 Å². The van der Waals surface area contributed by atoms with Gasteiger partial charge in [0.15, 0.2) is 5.13 Å². The molecule has 3 aromatic rings. The van der Waals surface area contributed by atoms with Crippen molar-refractivity contribution in [1.82, 2.24) is 24.6 Å². The minimum absolute atomic E-state index is 0.0116. The molecular formula is C20H22N6O2S. The SMILES string of the molecule is C[C@H](c1ccc(-n2cncn2)cc1)N(C)C(=O)Cc1csc(N2CCCC2=O)n1. The van der Waals surface area contributed by atoms with Crippen molar-refractivity contribution in [3.63, 3.8) is 0 Å². The van der Waals surface area contributed by atoms with Gasteiger partial charge in [-0.3, -0.25) is 14.5 Å². The summed E-state index contributed by atoms with van der Waals surface area (Å²) in [7, 11) is 1.80. The number of nitrogens with zero attached hydrogens (tertiary/aromatic N) is 6. The standard InChI is InChI=1S/C20H22N6O2S/c1-14(15-5-7-17(8-6-15)26-13-21-12-22-26)24(2)19(28)10-16-11-29-20(23-16)25-9-3-4-18(25)27/h5-8,11-14H,3-4,9-10H2,1-2H3/t14-/m1/s1. The van der Waals surface area contributed by atoms with E-state index in [1.807, 2.05) is 36.6 Å². The molecule has 0 unspecified atom stereocenters. The zero-order chi connectivity index (χ0) is 20.4. The quantitative estimate of drug-likeness (QED) is 0.624. The topological polar surface area (TPSA) is 84.2 Å². The Morgan fingerprint density at radius 1 is 1.31 bits per heavy atom. The van der Waals surface area contributed by atoms with Crippen LogP contribution in [0.15, 0.2) is 42.3 Å². The number of hydrogen-bond acceptors (Lipinski definition) is 6. The third kappa shape index (κ3) is 4.04. The van der Waals surface area contributed by atoms with E-state index >= 15 is 0 Å². The smallest absolute Gasteiger partial charge is 0.228 e. The van der Waals surface area contributed by atoms with E-state index < -0.39 is 0 Å². The molecule has 1 fully saturated rings. The Kier molecular flexibility index (Phi) is 5.39. The van der Waals surface area contributed by atoms with Crippen LogP contribution in [0.4, 0.5) is 5.13 Å². The van der Waals surface area contributed by atoms with E-state index in [1.54, 1.807) is 27.9 Å². The van der Waals surface area contributed by atoms with Gasteiger partial charge in [0.1, 0.15) is 12.7 Å². The van der Waals surface area contributed by atoms with Gasteiger partial charge in [-0.1, -0.05) is 12.1 Å². The second-order valence-corrected chi connectivity index (χ2v) is 7.90. The molecular weight excluding hydrogens is 388 g/mol. The second kappa shape index (κ2) is 8.12. The first-order valence-corrected chi connectivity index (χ1v) is 10.4. The monoisotopic (exact) mass is 410 g/mol. The minimum Gasteiger partial charge on any atom is -0.339 e. The summed E-state index contributed by atoms with van der Waals surface area (Å²) in [5, 5.41) is 6.67. The van der Waals surface area contributed by atoms with E-state index in [0.717, 1.165) is 17.7 Å². The maximum atomic E-state index is 12.8. The number of likely N-dealkylation sites (N-methyl/N-ethyl adjacent to an activating group) is 1. The molecule has 3 heterocycles. The Balaban J connectivity index is 1.40. The summed E-state index contributed by atoms with van der Waals surface area (Å²) in [5.41, 5.74) is 2.65. The number of thiazole rings is 1. The van der Waals surface area contributed by atoms with Gasteiger partial charge in [0, 0.05) is 25.4 Å². The summed E-state index contributed by atoms with van der Waals surface area (Å²) in [6, 6.07) is 7.82. The van der Waals surface area contributed by atoms with E-state index in [0.29, 0.717) is 23.8 Å². The molecule has 0 bridgehead atoms. The highest BCUT2D eigenvalue weighted by Gasteiger charge is 2.25. The number of amides is 2. The van der Waals surface area contributed by atoms with Gasteiger partial charge < -0.3 is 4.90 Å². The highest BCUT2D eigenvalue weighted by atomic mass is 32.1. The first kappa shape index (κ1) is 19.3. The highest BCUT2D eigenvalue weighted by Crippen LogP contribution is 2.26. The fourth-order valence-corrected chi connectivity index (χ4v) is 4.19. The van der Waals surface area contributed by atoms with Crippen LogP contribution in [0, 0.1) is 0 Å². The predicted octanol–water partition coefficient (Wildman–Crippen LogP) is 2.61. The average molecular weight is 411 g/mol. The molecule has 2 amide bonds. The van der Waals surface area contributed by atoms with E-state index in [9.17, 15) is 9.59 Å². The van der Waals surface area contributed by atoms with Crippen molar-refractivity contribution < 1.29 is 9.59 Å². The Morgan fingerprint density at radius 2 is 2.10 bits per heavy atom. The number of anilines is 1. The Bertz CT molecular complexity index is 998. The van der Waals surface area contributed by atoms with Gasteiger partial charge in [0.05, 0.1) is 23.8 Å². The van der Waals surface area contributed by atoms with E-state index in [4.69, 9.17) is 0 Å². The Morgan fingerprint density at radius 3 is 2.76 bits per heavy atom. The summed E-state index contributed by atoms with van der Waals surface area (Å²) >= 11 is 1.42. The van der Waals surface area contributed by atoms with Crippen molar-refractivity contribution in [2.45, 2.75) is 32.2 Å². The zero-order valence-electron chi connectivity index (χ0n) is 16.4. The van der Waals surface area contributed by atoms with Gasteiger partial charge in [-0.05, 0) is 31.0 Å². The summed E-state index contributed by atoms with van der Waals surface area (Å²) in [5.74, 6) is 0.0970. The molecule has 0 saturated carbocycles. The van der Waals surface area contributed by atoms with E-state index in [1.165, 1.54) is 17.7 Å². The molecule has 150 valence electrons. The highest BCUT2D eigenvalue weighted by molar-refractivity contribution is 7.14. The van der Waals surface area contributed by atoms with Gasteiger partial charge >= 0.3 is 0 Å². The second-order valence-electron chi connectivity index (χ2n) is 7.06. The van der Waals surface area contributed by atoms with Crippen molar-refractivity contribution in [3.05, 3.63) is 53.6 Å². The van der Waals surface area contributed by atoms with Crippen LogP contribution in [-0.4, -0.2) is 50.1 Å². The van der Waals surface area contributed by atoms with Crippen LogP contribution in [0.25, 0.3) is 5.69 Å². The van der Waals surface area contributed by atoms with E-state index in [-0.39, 0.29) is 24.3 Å². The van der Waals surface area contributed by atoms with Crippen LogP contribution >= 0.6 is 11.3 Å². The molecule has 0 spiro atoms. The normalized spacial score (nSPS) is 15.0. The molecule has 1 aromatic carbocycles. The third-order valence-electron chi connectivity index (χ3n) is 5.21. The molecule has 1 atom stereocenters. The summed E-state index contributed by atoms with van der Waals surface area (Å²) < 4.78 is 1.69. The summed E-state index contributed by atoms with van der Waals surface area (Å²) in [4.78, 5) is 36.5. The molecule has 9 heteroatoms. The Hall–Kier alpha value is -3.07. The van der Waals surface area contributed by atoms with Crippen molar-refractivity contribution >= 4 is 28.3 Å². The first-order chi connectivity index (χ1) is 14.0. The number of hydrogen-bond donors (Lipinski definition) is 0. The van der Waals surface area contributed by atoms with E-state index in [2.05, 4.69) is 15.1 Å². The largest absolute Gasteiger partial charge is 0.339 e. The van der Waals surface area contributed by atoms with Gasteiger partial charge in [0.25, 0.3) is 0 Å². The first-order valence-electron chi connectivity index (χ1n) is 9.48. The molecule has 29 heavy (non-hydrogen) atoms. The minimum atomic E-state index is -0.0782. The lowest BCUT2D eigenvalue weighted by Crippen LogP contribution is -2.31. The number of benzene rings is 1. The molecule has 2 aromatic heterocycles. The van der Waals surface area contributed by atoms with Crippen molar-refractivity contribution in [2.75, 3.05) is 18.5 Å². The molecule has 8 nitrogen and oxygen atoms in total. The van der Waals surface area contributed by atoms with Crippen LogP contribution in [0.5, 0.6) is 0 Å². The summed E-state index contributed by atoms with van der Waals surface area (Å²) in [6.07, 6.45) is 4.79. The van der Waals surface area contributed by atoms with Gasteiger partial charge in [-0.25, -0.2) is 14.6 Å². The van der Waals surface area contributed by atoms with Crippen LogP contribution in [0.3, 0.4) is 0 Å². The average Bonchev–Trinajstić information content (AvgIpc) is 3.49. The lowest BCUT2D eigenvalue weighted by atomic mass is 10.1. The number of carbonyl (C=O) groups excluding carboxylic acids is 2. The van der Waals surface area contributed by atoms with Crippen LogP contribution in [0.2, 0.25) is 0 Å². The molecule has 1 saturated heterocycles. The van der Waals surface area contributed by atoms with Crippen LogP contribution in [-0.2, 0) is 16.0 Å². The van der Waals surface area contributed by atoms with Crippen LogP contribution < -0.4 is 4.90 Å². The molecule has 0 radical (unpaired) electrons. The molecule has 1 aliphatic rings. The predicted molar refractivity (Wildman–Crippen MR) is 110 cm³/mol. The lowest BCUT2D eigenvalue weighted by molar-refractivity contribution is -0.131.